The van der Waals surface area contributed by atoms with Gasteiger partial charge in [-0.1, -0.05) is 35.1 Å². The fourth-order valence-corrected chi connectivity index (χ4v) is 4.30. The molecule has 2 aromatic heterocycles. The van der Waals surface area contributed by atoms with E-state index < -0.39 is 22.3 Å². The number of benzene rings is 2. The van der Waals surface area contributed by atoms with Gasteiger partial charge in [0.2, 0.25) is 10.9 Å². The number of nitrogens with zero attached hydrogens (tertiary/aromatic N) is 4. The number of carbonyl (C=O) groups excluding carboxylic acids is 1. The monoisotopic (exact) mass is 440 g/mol. The zero-order valence-corrected chi connectivity index (χ0v) is 16.4. The number of aromatic nitrogens is 2. The van der Waals surface area contributed by atoms with Crippen molar-refractivity contribution in [2.45, 2.75) is 6.04 Å². The number of rotatable bonds is 3. The number of nitro benzene ring substituents is 1. The molecule has 0 spiro atoms. The molecule has 3 heterocycles. The molecule has 1 aliphatic rings. The molecule has 0 bridgehead atoms. The molecule has 0 N–H and O–H groups in total. The zero-order chi connectivity index (χ0) is 21.0. The first-order valence-electron chi connectivity index (χ1n) is 8.56. The lowest BCUT2D eigenvalue weighted by Gasteiger charge is -2.21. The lowest BCUT2D eigenvalue weighted by Crippen LogP contribution is -2.29. The molecule has 0 saturated heterocycles. The highest BCUT2D eigenvalue weighted by molar-refractivity contribution is 7.13. The molecule has 5 rings (SSSR count). The summed E-state index contributed by atoms with van der Waals surface area (Å²) >= 11 is 7.14. The van der Waals surface area contributed by atoms with Crippen LogP contribution in [0.4, 0.5) is 10.8 Å². The summed E-state index contributed by atoms with van der Waals surface area (Å²) in [6, 6.07) is 9.33. The zero-order valence-electron chi connectivity index (χ0n) is 14.8. The Morgan fingerprint density at radius 1 is 1.20 bits per heavy atom. The number of non-ortho nitro benzene ring substituents is 1. The Morgan fingerprint density at radius 2 is 2.03 bits per heavy atom. The summed E-state index contributed by atoms with van der Waals surface area (Å²) in [4.78, 5) is 38.6. The van der Waals surface area contributed by atoms with Crippen LogP contribution in [0.3, 0.4) is 0 Å². The minimum atomic E-state index is -0.958. The second kappa shape index (κ2) is 6.71. The van der Waals surface area contributed by atoms with Crippen molar-refractivity contribution in [2.75, 3.05) is 4.90 Å². The summed E-state index contributed by atoms with van der Waals surface area (Å²) in [5.74, 6) is -0.714. The van der Waals surface area contributed by atoms with Crippen molar-refractivity contribution in [1.82, 2.24) is 10.2 Å². The van der Waals surface area contributed by atoms with Gasteiger partial charge in [-0.05, 0) is 23.8 Å². The first kappa shape index (κ1) is 18.4. The molecule has 4 aromatic rings. The van der Waals surface area contributed by atoms with Gasteiger partial charge >= 0.3 is 0 Å². The van der Waals surface area contributed by atoms with Crippen LogP contribution in [-0.4, -0.2) is 21.0 Å². The molecule has 1 amide bonds. The van der Waals surface area contributed by atoms with Crippen LogP contribution in [0.2, 0.25) is 5.02 Å². The van der Waals surface area contributed by atoms with Gasteiger partial charge in [0.05, 0.1) is 21.9 Å². The van der Waals surface area contributed by atoms with Gasteiger partial charge in [0, 0.05) is 17.2 Å². The normalized spacial score (nSPS) is 15.6. The Hall–Kier alpha value is -3.63. The molecular weight excluding hydrogens is 432 g/mol. The van der Waals surface area contributed by atoms with Gasteiger partial charge in [-0.15, -0.1) is 10.2 Å². The number of nitro groups is 1. The minimum absolute atomic E-state index is 0.0745. The first-order chi connectivity index (χ1) is 14.5. The van der Waals surface area contributed by atoms with E-state index in [1.54, 1.807) is 12.1 Å². The fourth-order valence-electron chi connectivity index (χ4n) is 3.54. The molecule has 1 atom stereocenters. The van der Waals surface area contributed by atoms with Gasteiger partial charge in [-0.3, -0.25) is 24.6 Å². The van der Waals surface area contributed by atoms with E-state index in [0.717, 1.165) is 11.3 Å². The van der Waals surface area contributed by atoms with E-state index in [0.29, 0.717) is 10.6 Å². The number of anilines is 1. The van der Waals surface area contributed by atoms with E-state index in [9.17, 15) is 19.7 Å². The molecule has 9 nitrogen and oxygen atoms in total. The van der Waals surface area contributed by atoms with Gasteiger partial charge in [0.1, 0.15) is 11.1 Å². The van der Waals surface area contributed by atoms with Gasteiger partial charge in [-0.25, -0.2) is 0 Å². The van der Waals surface area contributed by atoms with Crippen molar-refractivity contribution in [1.29, 1.82) is 0 Å². The second-order valence-electron chi connectivity index (χ2n) is 6.47. The van der Waals surface area contributed by atoms with E-state index in [2.05, 4.69) is 10.2 Å². The maximum atomic E-state index is 13.4. The van der Waals surface area contributed by atoms with Crippen molar-refractivity contribution in [2.24, 2.45) is 0 Å². The van der Waals surface area contributed by atoms with Crippen molar-refractivity contribution >= 4 is 50.6 Å². The van der Waals surface area contributed by atoms with Crippen LogP contribution in [0.15, 0.2) is 57.2 Å². The topological polar surface area (TPSA) is 119 Å². The van der Waals surface area contributed by atoms with Gasteiger partial charge < -0.3 is 4.42 Å². The van der Waals surface area contributed by atoms with Gasteiger partial charge in [0.15, 0.2) is 5.43 Å². The summed E-state index contributed by atoms with van der Waals surface area (Å²) in [6.07, 6.45) is 0. The lowest BCUT2D eigenvalue weighted by molar-refractivity contribution is -0.384. The molecule has 11 heteroatoms. The standard InChI is InChI=1S/C19H9ClN4O5S/c20-10-4-5-13-12(7-10)16(25)14-15(9-2-1-3-11(6-9)24(27)28)23(18(26)17(14)29-13)19-22-21-8-30-19/h1-8,15H/t15-/m1/s1. The quantitative estimate of drug-likeness (QED) is 0.349. The minimum Gasteiger partial charge on any atom is -0.450 e. The Morgan fingerprint density at radius 3 is 2.77 bits per heavy atom. The third-order valence-electron chi connectivity index (χ3n) is 4.78. The van der Waals surface area contributed by atoms with Crippen LogP contribution in [0.5, 0.6) is 0 Å². The van der Waals surface area contributed by atoms with E-state index in [4.69, 9.17) is 16.0 Å². The number of hydrogen-bond acceptors (Lipinski definition) is 8. The molecule has 0 fully saturated rings. The fraction of sp³-hybridized carbons (Fsp3) is 0.0526. The predicted molar refractivity (Wildman–Crippen MR) is 109 cm³/mol. The number of carbonyl (C=O) groups is 1. The molecule has 0 saturated carbocycles. The maximum absolute atomic E-state index is 13.4. The summed E-state index contributed by atoms with van der Waals surface area (Å²) in [6.45, 7) is 0. The first-order valence-corrected chi connectivity index (χ1v) is 9.82. The number of fused-ring (bicyclic) bond motifs is 2. The van der Waals surface area contributed by atoms with Crippen LogP contribution in [-0.2, 0) is 0 Å². The highest BCUT2D eigenvalue weighted by atomic mass is 35.5. The SMILES string of the molecule is O=C1c2oc3ccc(Cl)cc3c(=O)c2[C@@H](c2cccc([N+](=O)[O-])c2)N1c1nncs1. The molecule has 30 heavy (non-hydrogen) atoms. The highest BCUT2D eigenvalue weighted by Crippen LogP contribution is 2.42. The summed E-state index contributed by atoms with van der Waals surface area (Å²) in [5, 5.41) is 19.8. The average Bonchev–Trinajstić information content (AvgIpc) is 3.35. The molecule has 2 aromatic carbocycles. The van der Waals surface area contributed by atoms with E-state index in [1.165, 1.54) is 40.7 Å². The van der Waals surface area contributed by atoms with Crippen LogP contribution in [0.25, 0.3) is 11.0 Å². The number of halogens is 1. The van der Waals surface area contributed by atoms with Gasteiger partial charge in [0.25, 0.3) is 11.6 Å². The van der Waals surface area contributed by atoms with Crippen LogP contribution >= 0.6 is 22.9 Å². The summed E-state index contributed by atoms with van der Waals surface area (Å²) in [5.41, 5.74) is 1.50. The van der Waals surface area contributed by atoms with Gasteiger partial charge in [-0.2, -0.15) is 0 Å². The van der Waals surface area contributed by atoms with Crippen molar-refractivity contribution in [3.8, 4) is 0 Å². The third-order valence-corrected chi connectivity index (χ3v) is 5.71. The number of hydrogen-bond donors (Lipinski definition) is 0. The summed E-state index contributed by atoms with van der Waals surface area (Å²) < 4.78 is 5.78. The van der Waals surface area contributed by atoms with E-state index in [1.807, 2.05) is 0 Å². The molecule has 0 unspecified atom stereocenters. The highest BCUT2D eigenvalue weighted by Gasteiger charge is 2.45. The molecule has 1 aliphatic heterocycles. The second-order valence-corrected chi connectivity index (χ2v) is 7.71. The van der Waals surface area contributed by atoms with Crippen molar-refractivity contribution in [3.63, 3.8) is 0 Å². The van der Waals surface area contributed by atoms with Crippen LogP contribution in [0, 0.1) is 10.1 Å². The Labute approximate surface area is 176 Å². The lowest BCUT2D eigenvalue weighted by atomic mass is 9.98. The average molecular weight is 441 g/mol. The van der Waals surface area contributed by atoms with E-state index in [-0.39, 0.29) is 33.1 Å². The number of amides is 1. The Bertz CT molecular complexity index is 1400. The molecule has 0 radical (unpaired) electrons. The summed E-state index contributed by atoms with van der Waals surface area (Å²) in [7, 11) is 0. The molecule has 148 valence electrons. The Balaban J connectivity index is 1.83. The maximum Gasteiger partial charge on any atom is 0.297 e. The van der Waals surface area contributed by atoms with Crippen molar-refractivity contribution < 1.29 is 14.1 Å². The third kappa shape index (κ3) is 2.69. The Kier molecular flexibility index (Phi) is 4.12. The predicted octanol–water partition coefficient (Wildman–Crippen LogP) is 3.96. The smallest absolute Gasteiger partial charge is 0.297 e. The largest absolute Gasteiger partial charge is 0.450 e. The molecule has 0 aliphatic carbocycles. The van der Waals surface area contributed by atoms with Crippen LogP contribution in [0.1, 0.15) is 27.7 Å². The van der Waals surface area contributed by atoms with Crippen molar-refractivity contribution in [3.05, 3.63) is 90.2 Å². The molecular formula is C19H9ClN4O5S. The van der Waals surface area contributed by atoms with E-state index >= 15 is 0 Å². The van der Waals surface area contributed by atoms with Crippen LogP contribution < -0.4 is 10.3 Å².